The fourth-order valence-electron chi connectivity index (χ4n) is 8.11. The minimum absolute atomic E-state index is 0.0962. The number of allylic oxidation sites excluding steroid dienone is 1. The number of aliphatic hydroxyl groups is 2. The molecule has 0 aromatic carbocycles. The van der Waals surface area contributed by atoms with E-state index in [4.69, 9.17) is 4.74 Å². The van der Waals surface area contributed by atoms with Crippen LogP contribution in [-0.4, -0.2) is 35.5 Å². The molecule has 164 valence electrons. The highest BCUT2D eigenvalue weighted by Crippen LogP contribution is 2.66. The number of ether oxygens (including phenoxy) is 1. The fraction of sp³-hybridized carbons (Fsp3) is 0.880. The Kier molecular flexibility index (Phi) is 5.65. The number of rotatable bonds is 4. The molecule has 0 spiro atoms. The van der Waals surface area contributed by atoms with Crippen molar-refractivity contribution in [2.75, 3.05) is 7.11 Å². The van der Waals surface area contributed by atoms with Crippen LogP contribution in [-0.2, 0) is 9.53 Å². The molecule has 0 bridgehead atoms. The third kappa shape index (κ3) is 3.29. The second-order valence-electron chi connectivity index (χ2n) is 11.0. The second kappa shape index (κ2) is 7.67. The Hall–Kier alpha value is -0.870. The van der Waals surface area contributed by atoms with E-state index in [9.17, 15) is 15.0 Å². The molecule has 3 saturated carbocycles. The van der Waals surface area contributed by atoms with Crippen molar-refractivity contribution in [3.05, 3.63) is 11.6 Å². The lowest BCUT2D eigenvalue weighted by Gasteiger charge is -2.58. The van der Waals surface area contributed by atoms with E-state index in [0.717, 1.165) is 32.1 Å². The summed E-state index contributed by atoms with van der Waals surface area (Å²) in [6.07, 6.45) is 10.6. The number of hydrogen-bond acceptors (Lipinski definition) is 4. The van der Waals surface area contributed by atoms with E-state index >= 15 is 0 Å². The van der Waals surface area contributed by atoms with Crippen molar-refractivity contribution in [2.24, 2.45) is 40.4 Å². The molecular formula is C25H40O4. The molecule has 4 aliphatic rings. The minimum Gasteiger partial charge on any atom is -0.469 e. The number of fused-ring (bicyclic) bond motifs is 5. The van der Waals surface area contributed by atoms with Gasteiger partial charge in [-0.15, -0.1) is 0 Å². The lowest BCUT2D eigenvalue weighted by atomic mass is 9.47. The molecule has 0 heterocycles. The summed E-state index contributed by atoms with van der Waals surface area (Å²) in [4.78, 5) is 11.6. The van der Waals surface area contributed by atoms with E-state index < -0.39 is 6.10 Å². The number of hydrogen-bond donors (Lipinski definition) is 2. The summed E-state index contributed by atoms with van der Waals surface area (Å²) in [6.45, 7) is 6.98. The molecule has 4 rings (SSSR count). The number of methoxy groups -OCH3 is 1. The molecule has 9 atom stereocenters. The van der Waals surface area contributed by atoms with Crippen LogP contribution in [0.3, 0.4) is 0 Å². The highest BCUT2D eigenvalue weighted by atomic mass is 16.5. The standard InChI is InChI=1S/C25H40O4/c1-15(5-10-23(28)29-4)19-8-9-20-18-7-6-16-13-17(26)11-12-24(16,2)21(18)14-22(27)25(19,20)3/h14-20,22,26-27H,5-13H2,1-4H3/t15-,16-,17-,18?,19?,20?,22-,24+,25-/m1/s1. The maximum absolute atomic E-state index is 11.6. The van der Waals surface area contributed by atoms with E-state index in [1.165, 1.54) is 31.9 Å². The molecule has 4 heteroatoms. The van der Waals surface area contributed by atoms with Crippen LogP contribution in [0.2, 0.25) is 0 Å². The number of carbonyl (C=O) groups excluding carboxylic acids is 1. The predicted octanol–water partition coefficient (Wildman–Crippen LogP) is 4.49. The Balaban J connectivity index is 1.59. The van der Waals surface area contributed by atoms with E-state index in [2.05, 4.69) is 26.8 Å². The summed E-state index contributed by atoms with van der Waals surface area (Å²) >= 11 is 0. The van der Waals surface area contributed by atoms with Crippen LogP contribution in [0.25, 0.3) is 0 Å². The average molecular weight is 405 g/mol. The molecule has 2 N–H and O–H groups in total. The van der Waals surface area contributed by atoms with Gasteiger partial charge < -0.3 is 14.9 Å². The molecule has 4 nitrogen and oxygen atoms in total. The monoisotopic (exact) mass is 404 g/mol. The topological polar surface area (TPSA) is 66.8 Å². The van der Waals surface area contributed by atoms with Crippen LogP contribution >= 0.6 is 0 Å². The first-order valence-electron chi connectivity index (χ1n) is 11.9. The SMILES string of the molecule is COC(=O)CC[C@@H](C)C1CCC2C3CC[C@@H]4C[C@H](O)CC[C@]4(C)C3=C[C@@H](O)[C@@]21C. The fourth-order valence-corrected chi connectivity index (χ4v) is 8.11. The van der Waals surface area contributed by atoms with Crippen LogP contribution in [0.1, 0.15) is 78.6 Å². The van der Waals surface area contributed by atoms with Gasteiger partial charge in [-0.1, -0.05) is 32.4 Å². The third-order valence-corrected chi connectivity index (χ3v) is 9.90. The summed E-state index contributed by atoms with van der Waals surface area (Å²) in [7, 11) is 1.46. The third-order valence-electron chi connectivity index (χ3n) is 9.90. The number of esters is 1. The zero-order valence-electron chi connectivity index (χ0n) is 18.7. The van der Waals surface area contributed by atoms with Crippen molar-refractivity contribution in [1.29, 1.82) is 0 Å². The van der Waals surface area contributed by atoms with Gasteiger partial charge in [0.25, 0.3) is 0 Å². The molecule has 29 heavy (non-hydrogen) atoms. The van der Waals surface area contributed by atoms with Crippen molar-refractivity contribution < 1.29 is 19.7 Å². The molecule has 0 amide bonds. The summed E-state index contributed by atoms with van der Waals surface area (Å²) < 4.78 is 4.84. The van der Waals surface area contributed by atoms with Gasteiger partial charge in [0.05, 0.1) is 19.3 Å². The van der Waals surface area contributed by atoms with Crippen molar-refractivity contribution in [3.8, 4) is 0 Å². The van der Waals surface area contributed by atoms with Gasteiger partial charge in [-0.3, -0.25) is 4.79 Å². The zero-order valence-corrected chi connectivity index (χ0v) is 18.7. The Morgan fingerprint density at radius 1 is 1.21 bits per heavy atom. The normalized spacial score (nSPS) is 47.4. The maximum atomic E-state index is 11.6. The summed E-state index contributed by atoms with van der Waals surface area (Å²) in [5, 5.41) is 21.7. The van der Waals surface area contributed by atoms with Gasteiger partial charge in [0.15, 0.2) is 0 Å². The molecule has 0 aromatic heterocycles. The van der Waals surface area contributed by atoms with Gasteiger partial charge >= 0.3 is 5.97 Å². The smallest absolute Gasteiger partial charge is 0.305 e. The van der Waals surface area contributed by atoms with E-state index in [-0.39, 0.29) is 22.9 Å². The van der Waals surface area contributed by atoms with Crippen LogP contribution in [0.5, 0.6) is 0 Å². The summed E-state index contributed by atoms with van der Waals surface area (Å²) in [6, 6.07) is 0. The van der Waals surface area contributed by atoms with Crippen molar-refractivity contribution >= 4 is 5.97 Å². The largest absolute Gasteiger partial charge is 0.469 e. The van der Waals surface area contributed by atoms with Gasteiger partial charge in [0.1, 0.15) is 0 Å². The predicted molar refractivity (Wildman–Crippen MR) is 113 cm³/mol. The average Bonchev–Trinajstić information content (AvgIpc) is 3.06. The first-order valence-corrected chi connectivity index (χ1v) is 11.9. The van der Waals surface area contributed by atoms with Gasteiger partial charge in [0, 0.05) is 11.8 Å². The van der Waals surface area contributed by atoms with Gasteiger partial charge in [0.2, 0.25) is 0 Å². The lowest BCUT2D eigenvalue weighted by Crippen LogP contribution is -2.53. The van der Waals surface area contributed by atoms with Crippen LogP contribution < -0.4 is 0 Å². The molecule has 4 aliphatic carbocycles. The summed E-state index contributed by atoms with van der Waals surface area (Å²) in [5.74, 6) is 2.40. The van der Waals surface area contributed by atoms with Crippen molar-refractivity contribution in [2.45, 2.75) is 90.8 Å². The zero-order chi connectivity index (χ0) is 21.0. The van der Waals surface area contributed by atoms with E-state index in [1.807, 2.05) is 0 Å². The Morgan fingerprint density at radius 3 is 2.69 bits per heavy atom. The molecule has 3 fully saturated rings. The van der Waals surface area contributed by atoms with Crippen LogP contribution in [0, 0.1) is 40.4 Å². The minimum atomic E-state index is -0.408. The lowest BCUT2D eigenvalue weighted by molar-refractivity contribution is -0.141. The molecule has 0 aromatic rings. The Morgan fingerprint density at radius 2 is 1.97 bits per heavy atom. The molecule has 0 radical (unpaired) electrons. The molecule has 0 aliphatic heterocycles. The molecule has 0 saturated heterocycles. The molecule has 3 unspecified atom stereocenters. The number of aliphatic hydroxyl groups excluding tert-OH is 2. The first-order chi connectivity index (χ1) is 13.7. The molecular weight excluding hydrogens is 364 g/mol. The van der Waals surface area contributed by atoms with Gasteiger partial charge in [-0.05, 0) is 86.4 Å². The first kappa shape index (κ1) is 21.4. The van der Waals surface area contributed by atoms with E-state index in [0.29, 0.717) is 36.0 Å². The second-order valence-corrected chi connectivity index (χ2v) is 11.0. The van der Waals surface area contributed by atoms with Crippen LogP contribution in [0.15, 0.2) is 11.6 Å². The number of carbonyl (C=O) groups is 1. The highest BCUT2D eigenvalue weighted by molar-refractivity contribution is 5.69. The van der Waals surface area contributed by atoms with Gasteiger partial charge in [-0.2, -0.15) is 0 Å². The highest BCUT2D eigenvalue weighted by Gasteiger charge is 2.60. The van der Waals surface area contributed by atoms with Crippen molar-refractivity contribution in [3.63, 3.8) is 0 Å². The Labute approximate surface area is 176 Å². The van der Waals surface area contributed by atoms with Crippen LogP contribution in [0.4, 0.5) is 0 Å². The quantitative estimate of drug-likeness (QED) is 0.535. The Bertz CT molecular complexity index is 672. The summed E-state index contributed by atoms with van der Waals surface area (Å²) in [5.41, 5.74) is 1.57. The van der Waals surface area contributed by atoms with Crippen molar-refractivity contribution in [1.82, 2.24) is 0 Å². The van der Waals surface area contributed by atoms with E-state index in [1.54, 1.807) is 0 Å². The van der Waals surface area contributed by atoms with Gasteiger partial charge in [-0.25, -0.2) is 0 Å². The maximum Gasteiger partial charge on any atom is 0.305 e.